The normalized spacial score (nSPS) is 16.0. The Bertz CT molecular complexity index is 2490. The Labute approximate surface area is 318 Å². The van der Waals surface area contributed by atoms with Gasteiger partial charge < -0.3 is 18.8 Å². The lowest BCUT2D eigenvalue weighted by atomic mass is 9.98. The number of fused-ring (bicyclic) bond motifs is 4. The molecule has 0 aliphatic carbocycles. The SMILES string of the molecule is Cc1cc(OCCCc2c3n(c4c(-c5c(C)nn(C)c5C)c(Cl)ccc24)[C@H](C)CN(c2cn(C)c4ccc(C5=NNN(C)N5)cc24)C3=O)cc(C)c1Cl. The van der Waals surface area contributed by atoms with Gasteiger partial charge in [-0.25, -0.2) is 5.53 Å². The van der Waals surface area contributed by atoms with Crippen molar-refractivity contribution in [3.63, 3.8) is 0 Å². The highest BCUT2D eigenvalue weighted by Gasteiger charge is 2.37. The standard InChI is InChI=1S/C40H43Cl2N9O2/c1-21-16-27(17-22(2)36(21)42)53-15-9-10-28-29-12-13-31(41)35(34-24(4)44-48(7)25(34)5)37(29)51-23(3)19-50(40(52)38(28)51)33-20-47(6)32-14-11-26(18-30(32)33)39-43-46-49(8)45-39/h11-14,16-18,20,23,46H,9-10,15,19H2,1-8H3,(H,43,45)/t23-/m1/s1. The van der Waals surface area contributed by atoms with Crippen molar-refractivity contribution in [2.45, 2.75) is 53.5 Å². The van der Waals surface area contributed by atoms with Crippen LogP contribution in [0.1, 0.15) is 63.5 Å². The van der Waals surface area contributed by atoms with Gasteiger partial charge in [0.05, 0.1) is 28.5 Å². The number of benzene rings is 3. The first-order valence-electron chi connectivity index (χ1n) is 17.8. The monoisotopic (exact) mass is 751 g/mol. The number of aryl methyl sites for hydroxylation is 6. The Kier molecular flexibility index (Phi) is 8.71. The van der Waals surface area contributed by atoms with Gasteiger partial charge in [0.1, 0.15) is 11.4 Å². The van der Waals surface area contributed by atoms with Gasteiger partial charge >= 0.3 is 0 Å². The molecule has 5 heterocycles. The summed E-state index contributed by atoms with van der Waals surface area (Å²) in [5.41, 5.74) is 17.4. The van der Waals surface area contributed by atoms with Crippen LogP contribution in [-0.2, 0) is 20.5 Å². The van der Waals surface area contributed by atoms with E-state index < -0.39 is 0 Å². The van der Waals surface area contributed by atoms with Gasteiger partial charge in [0, 0.05) is 83.6 Å². The number of carbonyl (C=O) groups excluding carboxylic acids is 1. The van der Waals surface area contributed by atoms with Crippen LogP contribution in [0.3, 0.4) is 0 Å². The molecule has 2 N–H and O–H groups in total. The molecule has 13 heteroatoms. The average Bonchev–Trinajstić information content (AvgIpc) is 3.86. The van der Waals surface area contributed by atoms with Crippen molar-refractivity contribution in [1.82, 2.24) is 35.0 Å². The number of halogens is 2. The van der Waals surface area contributed by atoms with Crippen LogP contribution in [0.15, 0.2) is 53.8 Å². The van der Waals surface area contributed by atoms with Gasteiger partial charge in [0.25, 0.3) is 5.91 Å². The number of amidine groups is 1. The number of carbonyl (C=O) groups is 1. The van der Waals surface area contributed by atoms with Gasteiger partial charge in [-0.1, -0.05) is 29.3 Å². The summed E-state index contributed by atoms with van der Waals surface area (Å²) in [4.78, 5) is 17.1. The van der Waals surface area contributed by atoms with Gasteiger partial charge in [-0.15, -0.1) is 10.2 Å². The largest absolute Gasteiger partial charge is 0.494 e. The average molecular weight is 753 g/mol. The van der Waals surface area contributed by atoms with Crippen LogP contribution in [0.4, 0.5) is 5.69 Å². The number of aromatic nitrogens is 4. The first-order valence-corrected chi connectivity index (χ1v) is 18.6. The van der Waals surface area contributed by atoms with Crippen molar-refractivity contribution in [3.05, 3.63) is 98.0 Å². The fourth-order valence-corrected chi connectivity index (χ4v) is 8.49. The Balaban J connectivity index is 1.25. The molecule has 274 valence electrons. The van der Waals surface area contributed by atoms with E-state index in [1.807, 2.05) is 75.8 Å². The molecule has 2 aliphatic rings. The number of anilines is 1. The minimum Gasteiger partial charge on any atom is -0.494 e. The highest BCUT2D eigenvalue weighted by atomic mass is 35.5. The summed E-state index contributed by atoms with van der Waals surface area (Å²) < 4.78 is 12.5. The van der Waals surface area contributed by atoms with Crippen LogP contribution in [0.5, 0.6) is 5.75 Å². The first kappa shape index (κ1) is 35.1. The van der Waals surface area contributed by atoms with Crippen molar-refractivity contribution in [3.8, 4) is 16.9 Å². The Morgan fingerprint density at radius 1 is 0.962 bits per heavy atom. The van der Waals surface area contributed by atoms with Crippen LogP contribution in [0.2, 0.25) is 10.0 Å². The number of amides is 1. The highest BCUT2D eigenvalue weighted by Crippen LogP contribution is 2.45. The molecule has 1 amide bonds. The van der Waals surface area contributed by atoms with Crippen LogP contribution in [0, 0.1) is 27.7 Å². The van der Waals surface area contributed by atoms with Crippen molar-refractivity contribution in [2.75, 3.05) is 25.1 Å². The summed E-state index contributed by atoms with van der Waals surface area (Å²) >= 11 is 13.6. The molecule has 0 saturated heterocycles. The highest BCUT2D eigenvalue weighted by molar-refractivity contribution is 6.35. The van der Waals surface area contributed by atoms with E-state index in [2.05, 4.69) is 63.4 Å². The van der Waals surface area contributed by atoms with E-state index in [0.29, 0.717) is 42.5 Å². The van der Waals surface area contributed by atoms with Crippen LogP contribution in [-0.4, -0.2) is 56.0 Å². The summed E-state index contributed by atoms with van der Waals surface area (Å²) in [6.45, 7) is 11.2. The number of rotatable bonds is 8. The van der Waals surface area contributed by atoms with E-state index in [9.17, 15) is 0 Å². The molecular weight excluding hydrogens is 709 g/mol. The quantitative estimate of drug-likeness (QED) is 0.154. The summed E-state index contributed by atoms with van der Waals surface area (Å²) in [5.74, 6) is 1.45. The van der Waals surface area contributed by atoms with E-state index in [1.54, 1.807) is 5.12 Å². The molecule has 0 radical (unpaired) electrons. The number of hydrazine groups is 2. The van der Waals surface area contributed by atoms with Crippen LogP contribution >= 0.6 is 23.2 Å². The lowest BCUT2D eigenvalue weighted by molar-refractivity contribution is 0.0957. The number of hydrogen-bond donors (Lipinski definition) is 2. The molecule has 2 aliphatic heterocycles. The Hall–Kier alpha value is -4.97. The predicted molar refractivity (Wildman–Crippen MR) is 213 cm³/mol. The molecule has 3 aromatic heterocycles. The van der Waals surface area contributed by atoms with E-state index in [4.69, 9.17) is 33.0 Å². The summed E-state index contributed by atoms with van der Waals surface area (Å²) in [5, 5.41) is 14.2. The molecule has 6 aromatic rings. The van der Waals surface area contributed by atoms with E-state index >= 15 is 4.79 Å². The third-order valence-corrected chi connectivity index (χ3v) is 11.6. The zero-order chi connectivity index (χ0) is 37.5. The topological polar surface area (TPSA) is 96.9 Å². The van der Waals surface area contributed by atoms with Gasteiger partial charge in [-0.05, 0) is 101 Å². The molecule has 0 fully saturated rings. The lowest BCUT2D eigenvalue weighted by Crippen LogP contribution is -2.42. The zero-order valence-corrected chi connectivity index (χ0v) is 32.7. The minimum absolute atomic E-state index is 0.0449. The predicted octanol–water partition coefficient (Wildman–Crippen LogP) is 7.92. The molecule has 0 spiro atoms. The molecule has 11 nitrogen and oxygen atoms in total. The molecule has 0 bridgehead atoms. The fraction of sp³-hybridized carbons (Fsp3) is 0.325. The Morgan fingerprint density at radius 3 is 2.40 bits per heavy atom. The van der Waals surface area contributed by atoms with Crippen molar-refractivity contribution >= 4 is 62.4 Å². The molecule has 0 saturated carbocycles. The molecular formula is C40H43Cl2N9O2. The maximum atomic E-state index is 15.2. The van der Waals surface area contributed by atoms with Gasteiger partial charge in [0.15, 0.2) is 5.84 Å². The van der Waals surface area contributed by atoms with Gasteiger partial charge in [0.2, 0.25) is 0 Å². The summed E-state index contributed by atoms with van der Waals surface area (Å²) in [6.07, 6.45) is 3.39. The van der Waals surface area contributed by atoms with Gasteiger partial charge in [-0.2, -0.15) is 5.10 Å². The summed E-state index contributed by atoms with van der Waals surface area (Å²) in [7, 11) is 5.82. The second-order valence-corrected chi connectivity index (χ2v) is 15.1. The van der Waals surface area contributed by atoms with Crippen molar-refractivity contribution in [1.29, 1.82) is 0 Å². The third-order valence-electron chi connectivity index (χ3n) is 10.7. The number of nitrogens with zero attached hydrogens (tertiary/aromatic N) is 7. The molecule has 1 atom stereocenters. The number of hydrazone groups is 1. The number of nitrogens with one attached hydrogen (secondary N) is 2. The van der Waals surface area contributed by atoms with E-state index in [1.165, 1.54) is 0 Å². The number of hydrogen-bond acceptors (Lipinski definition) is 7. The molecule has 3 aromatic carbocycles. The zero-order valence-electron chi connectivity index (χ0n) is 31.2. The second-order valence-electron chi connectivity index (χ2n) is 14.4. The maximum absolute atomic E-state index is 15.2. The second kappa shape index (κ2) is 13.2. The van der Waals surface area contributed by atoms with Crippen molar-refractivity contribution in [2.24, 2.45) is 19.2 Å². The maximum Gasteiger partial charge on any atom is 0.275 e. The fourth-order valence-electron chi connectivity index (χ4n) is 8.13. The molecule has 53 heavy (non-hydrogen) atoms. The van der Waals surface area contributed by atoms with Crippen LogP contribution < -0.4 is 20.6 Å². The van der Waals surface area contributed by atoms with Gasteiger partial charge in [-0.3, -0.25) is 14.9 Å². The Morgan fingerprint density at radius 2 is 1.72 bits per heavy atom. The van der Waals surface area contributed by atoms with Crippen molar-refractivity contribution < 1.29 is 9.53 Å². The van der Waals surface area contributed by atoms with Crippen LogP contribution in [0.25, 0.3) is 32.9 Å². The van der Waals surface area contributed by atoms with E-state index in [-0.39, 0.29) is 11.9 Å². The number of ether oxygens (including phenoxy) is 1. The smallest absolute Gasteiger partial charge is 0.275 e. The minimum atomic E-state index is -0.0677. The first-order chi connectivity index (χ1) is 25.3. The lowest BCUT2D eigenvalue weighted by Gasteiger charge is -2.34. The van der Waals surface area contributed by atoms with E-state index in [0.717, 1.165) is 83.0 Å². The molecule has 8 rings (SSSR count). The summed E-state index contributed by atoms with van der Waals surface area (Å²) in [6, 6.07) is 14.1. The third kappa shape index (κ3) is 5.73. The molecule has 0 unspecified atom stereocenters.